The van der Waals surface area contributed by atoms with Gasteiger partial charge >= 0.3 is 5.97 Å². The van der Waals surface area contributed by atoms with Gasteiger partial charge in [-0.05, 0) is 55.2 Å². The molecule has 2 unspecified atom stereocenters. The third-order valence-corrected chi connectivity index (χ3v) is 4.11. The van der Waals surface area contributed by atoms with Gasteiger partial charge in [-0.2, -0.15) is 0 Å². The van der Waals surface area contributed by atoms with Gasteiger partial charge in [0.2, 0.25) is 0 Å². The van der Waals surface area contributed by atoms with Crippen LogP contribution >= 0.6 is 0 Å². The Kier molecular flexibility index (Phi) is 6.36. The molecular weight excluding hydrogens is 305 g/mol. The minimum absolute atomic E-state index is 0.0455. The molecule has 0 bridgehead atoms. The van der Waals surface area contributed by atoms with Crippen LogP contribution in [0.3, 0.4) is 0 Å². The van der Waals surface area contributed by atoms with Crippen LogP contribution < -0.4 is 5.73 Å². The molecule has 2 rings (SSSR count). The normalized spacial score (nSPS) is 13.3. The molecule has 0 saturated heterocycles. The monoisotopic (exact) mass is 329 g/mol. The Morgan fingerprint density at radius 3 is 2.33 bits per heavy atom. The number of ether oxygens (including phenoxy) is 1. The number of hydrogen-bond donors (Lipinski definition) is 1. The molecule has 0 aliphatic rings. The van der Waals surface area contributed by atoms with Crippen molar-refractivity contribution in [2.45, 2.75) is 39.2 Å². The molecule has 2 atom stereocenters. The maximum Gasteiger partial charge on any atom is 0.305 e. The first-order valence-corrected chi connectivity index (χ1v) is 8.26. The Morgan fingerprint density at radius 2 is 1.75 bits per heavy atom. The fourth-order valence-electron chi connectivity index (χ4n) is 2.78. The molecule has 0 aliphatic carbocycles. The molecule has 128 valence electrons. The standard InChI is InChI=1S/C20H24FNO2/c1-3-20(23)24-14(2)17(10-15-6-4-8-18(21)12-15)11-16-7-5-9-19(22)13-16/h4-9,12-14,17H,3,10-11,22H2,1-2H3. The van der Waals surface area contributed by atoms with Gasteiger partial charge in [0.25, 0.3) is 0 Å². The van der Waals surface area contributed by atoms with Crippen LogP contribution in [0, 0.1) is 11.7 Å². The van der Waals surface area contributed by atoms with E-state index in [0.29, 0.717) is 24.9 Å². The highest BCUT2D eigenvalue weighted by molar-refractivity contribution is 5.69. The Morgan fingerprint density at radius 1 is 1.12 bits per heavy atom. The van der Waals surface area contributed by atoms with E-state index in [-0.39, 0.29) is 23.8 Å². The summed E-state index contributed by atoms with van der Waals surface area (Å²) in [6.07, 6.45) is 1.42. The molecule has 0 heterocycles. The van der Waals surface area contributed by atoms with Crippen LogP contribution in [0.2, 0.25) is 0 Å². The van der Waals surface area contributed by atoms with Gasteiger partial charge in [0.15, 0.2) is 0 Å². The maximum absolute atomic E-state index is 13.5. The SMILES string of the molecule is CCC(=O)OC(C)C(Cc1cccc(N)c1)Cc1cccc(F)c1. The molecule has 3 nitrogen and oxygen atoms in total. The van der Waals surface area contributed by atoms with Crippen molar-refractivity contribution in [3.8, 4) is 0 Å². The first kappa shape index (κ1) is 18.0. The highest BCUT2D eigenvalue weighted by Crippen LogP contribution is 2.22. The lowest BCUT2D eigenvalue weighted by molar-refractivity contribution is -0.150. The van der Waals surface area contributed by atoms with Crippen LogP contribution in [-0.4, -0.2) is 12.1 Å². The number of carbonyl (C=O) groups excluding carboxylic acids is 1. The molecule has 4 heteroatoms. The third kappa shape index (κ3) is 5.37. The Labute approximate surface area is 142 Å². The number of benzene rings is 2. The van der Waals surface area contributed by atoms with Gasteiger partial charge in [-0.1, -0.05) is 31.2 Å². The summed E-state index contributed by atoms with van der Waals surface area (Å²) in [5, 5.41) is 0. The smallest absolute Gasteiger partial charge is 0.305 e. The van der Waals surface area contributed by atoms with Crippen LogP contribution in [0.15, 0.2) is 48.5 Å². The highest BCUT2D eigenvalue weighted by atomic mass is 19.1. The van der Waals surface area contributed by atoms with Gasteiger partial charge in [-0.15, -0.1) is 0 Å². The Hall–Kier alpha value is -2.36. The number of nitrogen functional groups attached to an aromatic ring is 1. The fraction of sp³-hybridized carbons (Fsp3) is 0.350. The second-order valence-electron chi connectivity index (χ2n) is 6.09. The van der Waals surface area contributed by atoms with Gasteiger partial charge in [-0.25, -0.2) is 4.39 Å². The maximum atomic E-state index is 13.5. The lowest BCUT2D eigenvalue weighted by atomic mass is 9.88. The molecule has 0 aromatic heterocycles. The van der Waals surface area contributed by atoms with Crippen LogP contribution in [0.1, 0.15) is 31.4 Å². The summed E-state index contributed by atoms with van der Waals surface area (Å²) >= 11 is 0. The Balaban J connectivity index is 2.18. The van der Waals surface area contributed by atoms with E-state index in [4.69, 9.17) is 10.5 Å². The van der Waals surface area contributed by atoms with Gasteiger partial charge in [0.05, 0.1) is 0 Å². The van der Waals surface area contributed by atoms with Crippen LogP contribution in [-0.2, 0) is 22.4 Å². The summed E-state index contributed by atoms with van der Waals surface area (Å²) in [5.74, 6) is -0.433. The topological polar surface area (TPSA) is 52.3 Å². The van der Waals surface area contributed by atoms with E-state index in [9.17, 15) is 9.18 Å². The number of halogens is 1. The first-order chi connectivity index (χ1) is 11.5. The quantitative estimate of drug-likeness (QED) is 0.613. The fourth-order valence-corrected chi connectivity index (χ4v) is 2.78. The number of esters is 1. The van der Waals surface area contributed by atoms with E-state index in [0.717, 1.165) is 11.1 Å². The molecule has 0 aliphatic heterocycles. The number of carbonyl (C=O) groups is 1. The van der Waals surface area contributed by atoms with Crippen molar-refractivity contribution in [3.05, 3.63) is 65.5 Å². The molecule has 0 saturated carbocycles. The van der Waals surface area contributed by atoms with Crippen LogP contribution in [0.5, 0.6) is 0 Å². The van der Waals surface area contributed by atoms with Crippen molar-refractivity contribution in [1.82, 2.24) is 0 Å². The van der Waals surface area contributed by atoms with Gasteiger partial charge in [-0.3, -0.25) is 4.79 Å². The number of rotatable bonds is 7. The lowest BCUT2D eigenvalue weighted by Crippen LogP contribution is -2.27. The lowest BCUT2D eigenvalue weighted by Gasteiger charge is -2.24. The van der Waals surface area contributed by atoms with Crippen molar-refractivity contribution < 1.29 is 13.9 Å². The van der Waals surface area contributed by atoms with Gasteiger partial charge < -0.3 is 10.5 Å². The summed E-state index contributed by atoms with van der Waals surface area (Å²) in [5.41, 5.74) is 8.53. The number of hydrogen-bond acceptors (Lipinski definition) is 3. The Bertz CT molecular complexity index is 639. The summed E-state index contributed by atoms with van der Waals surface area (Å²) in [7, 11) is 0. The zero-order valence-electron chi connectivity index (χ0n) is 14.2. The van der Waals surface area contributed by atoms with Crippen molar-refractivity contribution >= 4 is 11.7 Å². The number of nitrogens with two attached hydrogens (primary N) is 1. The molecule has 0 amide bonds. The van der Waals surface area contributed by atoms with Crippen molar-refractivity contribution in [2.24, 2.45) is 5.92 Å². The summed E-state index contributed by atoms with van der Waals surface area (Å²) < 4.78 is 19.0. The molecule has 0 radical (unpaired) electrons. The second kappa shape index (κ2) is 8.48. The van der Waals surface area contributed by atoms with E-state index in [1.165, 1.54) is 12.1 Å². The highest BCUT2D eigenvalue weighted by Gasteiger charge is 2.22. The molecule has 2 aromatic carbocycles. The largest absolute Gasteiger partial charge is 0.462 e. The predicted molar refractivity (Wildman–Crippen MR) is 94.0 cm³/mol. The predicted octanol–water partition coefficient (Wildman–Crippen LogP) is 4.15. The van der Waals surface area contributed by atoms with Crippen LogP contribution in [0.25, 0.3) is 0 Å². The van der Waals surface area contributed by atoms with Crippen molar-refractivity contribution in [2.75, 3.05) is 5.73 Å². The summed E-state index contributed by atoms with van der Waals surface area (Å²) in [4.78, 5) is 11.6. The minimum atomic E-state index is -0.262. The average Bonchev–Trinajstić information content (AvgIpc) is 2.54. The van der Waals surface area contributed by atoms with E-state index in [1.807, 2.05) is 37.3 Å². The van der Waals surface area contributed by atoms with Gasteiger partial charge in [0, 0.05) is 18.0 Å². The minimum Gasteiger partial charge on any atom is -0.462 e. The number of anilines is 1. The summed E-state index contributed by atoms with van der Waals surface area (Å²) in [6.45, 7) is 3.67. The first-order valence-electron chi connectivity index (χ1n) is 8.26. The van der Waals surface area contributed by atoms with Crippen molar-refractivity contribution in [1.29, 1.82) is 0 Å². The van der Waals surface area contributed by atoms with E-state index >= 15 is 0 Å². The second-order valence-corrected chi connectivity index (χ2v) is 6.09. The van der Waals surface area contributed by atoms with E-state index in [2.05, 4.69) is 0 Å². The molecule has 2 N–H and O–H groups in total. The molecular formula is C20H24FNO2. The van der Waals surface area contributed by atoms with Gasteiger partial charge in [0.1, 0.15) is 11.9 Å². The molecule has 2 aromatic rings. The molecule has 0 spiro atoms. The zero-order chi connectivity index (χ0) is 17.5. The van der Waals surface area contributed by atoms with Crippen molar-refractivity contribution in [3.63, 3.8) is 0 Å². The summed E-state index contributed by atoms with van der Waals surface area (Å²) in [6, 6.07) is 14.2. The van der Waals surface area contributed by atoms with E-state index in [1.54, 1.807) is 13.0 Å². The van der Waals surface area contributed by atoms with Crippen LogP contribution in [0.4, 0.5) is 10.1 Å². The zero-order valence-corrected chi connectivity index (χ0v) is 14.2. The molecule has 24 heavy (non-hydrogen) atoms. The third-order valence-electron chi connectivity index (χ3n) is 4.11. The van der Waals surface area contributed by atoms with E-state index < -0.39 is 0 Å². The average molecular weight is 329 g/mol. The molecule has 0 fully saturated rings.